The number of ketones is 1. The summed E-state index contributed by atoms with van der Waals surface area (Å²) in [5, 5.41) is 18.5. The van der Waals surface area contributed by atoms with Crippen molar-refractivity contribution in [3.63, 3.8) is 0 Å². The number of ether oxygens (including phenoxy) is 5. The number of amides is 1. The molecule has 0 saturated carbocycles. The Morgan fingerprint density at radius 3 is 2.43 bits per heavy atom. The normalized spacial score (nSPS) is 41.3. The number of nitrogens with one attached hydrogen (secondary N) is 1. The standard InChI is InChI=1S/C34H60N6O9/c1-12-25-34(8)28(40(32(44)49-34)15-13-14-37-38-35)23(6)36-18-19(2)17-33(7,45-11)29(21(4)26(41)22(5)30(43)47-25)48-31-27(42)24(39(9)10)16-20(3)46-31/h19-25,27-29,31,36,42H,12-18H2,1-11H3/t19-,20-,21+,22-,23-,24?,25-,27-,28-,29-,31+,33-,34-/m1/s1. The summed E-state index contributed by atoms with van der Waals surface area (Å²) in [5.74, 6) is -3.20. The Hall–Kier alpha value is -2.52. The Bertz CT molecular complexity index is 1200. The van der Waals surface area contributed by atoms with E-state index in [2.05, 4.69) is 22.3 Å². The molecule has 49 heavy (non-hydrogen) atoms. The van der Waals surface area contributed by atoms with Gasteiger partial charge in [0.25, 0.3) is 0 Å². The number of esters is 1. The molecule has 0 aromatic rings. The van der Waals surface area contributed by atoms with E-state index >= 15 is 0 Å². The highest BCUT2D eigenvalue weighted by Gasteiger charge is 2.58. The lowest BCUT2D eigenvalue weighted by atomic mass is 9.78. The molecule has 1 amide bonds. The third kappa shape index (κ3) is 9.05. The lowest BCUT2D eigenvalue weighted by Crippen LogP contribution is -2.61. The predicted octanol–water partition coefficient (Wildman–Crippen LogP) is 3.66. The van der Waals surface area contributed by atoms with Gasteiger partial charge in [0.05, 0.1) is 23.9 Å². The second kappa shape index (κ2) is 17.1. The highest BCUT2D eigenvalue weighted by Crippen LogP contribution is 2.40. The van der Waals surface area contributed by atoms with Crippen molar-refractivity contribution in [1.82, 2.24) is 15.1 Å². The predicted molar refractivity (Wildman–Crippen MR) is 181 cm³/mol. The van der Waals surface area contributed by atoms with Crippen molar-refractivity contribution in [3.8, 4) is 0 Å². The molecular formula is C34H60N6O9. The summed E-state index contributed by atoms with van der Waals surface area (Å²) < 4.78 is 31.0. The first-order valence-corrected chi connectivity index (χ1v) is 17.6. The van der Waals surface area contributed by atoms with Crippen LogP contribution in [-0.2, 0) is 33.3 Å². The minimum absolute atomic E-state index is 0.0171. The number of cyclic esters (lactones) is 1. The first kappa shape index (κ1) is 40.9. The van der Waals surface area contributed by atoms with Crippen LogP contribution in [0.15, 0.2) is 5.11 Å². The van der Waals surface area contributed by atoms with Gasteiger partial charge in [0.2, 0.25) is 0 Å². The third-order valence-corrected chi connectivity index (χ3v) is 10.8. The number of hydrogen-bond acceptors (Lipinski definition) is 12. The number of methoxy groups -OCH3 is 1. The molecule has 280 valence electrons. The van der Waals surface area contributed by atoms with Gasteiger partial charge in [-0.1, -0.05) is 25.9 Å². The Morgan fingerprint density at radius 2 is 1.84 bits per heavy atom. The van der Waals surface area contributed by atoms with Gasteiger partial charge < -0.3 is 39.0 Å². The van der Waals surface area contributed by atoms with E-state index in [1.807, 2.05) is 46.7 Å². The van der Waals surface area contributed by atoms with E-state index in [9.17, 15) is 19.5 Å². The monoisotopic (exact) mass is 696 g/mol. The number of aliphatic hydroxyl groups excluding tert-OH is 1. The molecule has 3 fully saturated rings. The summed E-state index contributed by atoms with van der Waals surface area (Å²) in [4.78, 5) is 47.7. The van der Waals surface area contributed by atoms with Crippen LogP contribution in [0.2, 0.25) is 0 Å². The number of nitrogens with zero attached hydrogens (tertiary/aromatic N) is 5. The van der Waals surface area contributed by atoms with Crippen molar-refractivity contribution in [2.24, 2.45) is 22.9 Å². The molecule has 1 unspecified atom stereocenters. The highest BCUT2D eigenvalue weighted by atomic mass is 16.7. The van der Waals surface area contributed by atoms with Crippen molar-refractivity contribution in [2.75, 3.05) is 40.8 Å². The lowest BCUT2D eigenvalue weighted by Gasteiger charge is -2.46. The van der Waals surface area contributed by atoms with Crippen LogP contribution < -0.4 is 5.32 Å². The topological polar surface area (TPSA) is 185 Å². The van der Waals surface area contributed by atoms with Crippen molar-refractivity contribution >= 4 is 17.8 Å². The van der Waals surface area contributed by atoms with E-state index in [-0.39, 0.29) is 37.2 Å². The SMILES string of the molecule is CC[C@H]1OC(=O)[C@H](C)C(=O)[C@H](C)[C@@H](O[C@@H]2O[C@H](C)CC(N(C)C)[C@H]2O)[C@](C)(OC)C[C@@H](C)CN[C@H](C)[C@H]2N(CCCN=[N+]=[N-])C(=O)O[C@]12C. The number of carbonyl (C=O) groups excluding carboxylic acids is 3. The van der Waals surface area contributed by atoms with Crippen LogP contribution in [0.4, 0.5) is 4.79 Å². The van der Waals surface area contributed by atoms with E-state index in [0.29, 0.717) is 32.2 Å². The van der Waals surface area contributed by atoms with E-state index < -0.39 is 71.5 Å². The molecule has 3 rings (SSSR count). The minimum atomic E-state index is -1.25. The fourth-order valence-corrected chi connectivity index (χ4v) is 8.02. The van der Waals surface area contributed by atoms with Gasteiger partial charge in [-0.3, -0.25) is 14.5 Å². The van der Waals surface area contributed by atoms with Crippen molar-refractivity contribution in [3.05, 3.63) is 10.4 Å². The average molecular weight is 697 g/mol. The van der Waals surface area contributed by atoms with Crippen molar-refractivity contribution in [2.45, 2.75) is 141 Å². The zero-order chi connectivity index (χ0) is 36.8. The molecule has 0 spiro atoms. The first-order chi connectivity index (χ1) is 22.9. The Balaban J connectivity index is 2.04. The first-order valence-electron chi connectivity index (χ1n) is 17.6. The number of hydrogen-bond donors (Lipinski definition) is 2. The van der Waals surface area contributed by atoms with Gasteiger partial charge in [-0.15, -0.1) is 0 Å². The zero-order valence-electron chi connectivity index (χ0n) is 31.2. The molecule has 3 saturated heterocycles. The molecule has 0 aromatic heterocycles. The van der Waals surface area contributed by atoms with Gasteiger partial charge in [-0.05, 0) is 92.4 Å². The minimum Gasteiger partial charge on any atom is -0.458 e. The Labute approximate surface area is 291 Å². The molecule has 3 aliphatic heterocycles. The number of aliphatic hydroxyl groups is 1. The molecule has 0 radical (unpaired) electrons. The fourth-order valence-electron chi connectivity index (χ4n) is 8.02. The molecule has 13 atom stereocenters. The quantitative estimate of drug-likeness (QED) is 0.0895. The van der Waals surface area contributed by atoms with Crippen LogP contribution >= 0.6 is 0 Å². The smallest absolute Gasteiger partial charge is 0.410 e. The summed E-state index contributed by atoms with van der Waals surface area (Å²) >= 11 is 0. The molecular weight excluding hydrogens is 636 g/mol. The van der Waals surface area contributed by atoms with Crippen LogP contribution in [0, 0.1) is 17.8 Å². The summed E-state index contributed by atoms with van der Waals surface area (Å²) in [6.45, 7) is 15.7. The molecule has 3 aliphatic rings. The maximum atomic E-state index is 14.2. The van der Waals surface area contributed by atoms with Crippen LogP contribution in [-0.4, -0.2) is 134 Å². The molecule has 15 heteroatoms. The Morgan fingerprint density at radius 1 is 1.16 bits per heavy atom. The van der Waals surface area contributed by atoms with Crippen LogP contribution in [0.25, 0.3) is 10.4 Å². The van der Waals surface area contributed by atoms with Gasteiger partial charge in [-0.2, -0.15) is 0 Å². The Kier molecular flexibility index (Phi) is 14.3. The number of likely N-dealkylation sites (N-methyl/N-ethyl adjacent to an activating group) is 1. The molecule has 0 aliphatic carbocycles. The molecule has 15 nitrogen and oxygen atoms in total. The second-order valence-corrected chi connectivity index (χ2v) is 14.9. The van der Waals surface area contributed by atoms with Gasteiger partial charge in [0.15, 0.2) is 17.7 Å². The largest absolute Gasteiger partial charge is 0.458 e. The van der Waals surface area contributed by atoms with Crippen LogP contribution in [0.5, 0.6) is 0 Å². The van der Waals surface area contributed by atoms with E-state index in [1.165, 1.54) is 6.92 Å². The third-order valence-electron chi connectivity index (χ3n) is 10.8. The van der Waals surface area contributed by atoms with Crippen LogP contribution in [0.3, 0.4) is 0 Å². The fraction of sp³-hybridized carbons (Fsp3) is 0.912. The molecule has 0 bridgehead atoms. The molecule has 0 aromatic carbocycles. The summed E-state index contributed by atoms with van der Waals surface area (Å²) in [7, 11) is 5.35. The van der Waals surface area contributed by atoms with Crippen molar-refractivity contribution < 1.29 is 43.2 Å². The number of azide groups is 1. The van der Waals surface area contributed by atoms with Crippen LogP contribution in [0.1, 0.15) is 81.1 Å². The highest BCUT2D eigenvalue weighted by molar-refractivity contribution is 6.00. The van der Waals surface area contributed by atoms with Gasteiger partial charge >= 0.3 is 12.1 Å². The number of Topliss-reactive ketones (excluding diaryl/α,β-unsaturated/α-hetero) is 1. The van der Waals surface area contributed by atoms with Gasteiger partial charge in [0, 0.05) is 43.1 Å². The summed E-state index contributed by atoms with van der Waals surface area (Å²) in [5.41, 5.74) is 6.45. The molecule has 2 N–H and O–H groups in total. The van der Waals surface area contributed by atoms with Gasteiger partial charge in [0.1, 0.15) is 18.1 Å². The maximum Gasteiger partial charge on any atom is 0.410 e. The van der Waals surface area contributed by atoms with Gasteiger partial charge in [-0.25, -0.2) is 4.79 Å². The average Bonchev–Trinajstić information content (AvgIpc) is 3.31. The lowest BCUT2D eigenvalue weighted by molar-refractivity contribution is -0.295. The van der Waals surface area contributed by atoms with E-state index in [1.54, 1.807) is 25.9 Å². The van der Waals surface area contributed by atoms with E-state index in [4.69, 9.17) is 29.2 Å². The summed E-state index contributed by atoms with van der Waals surface area (Å²) in [6.07, 6.45) is -2.73. The van der Waals surface area contributed by atoms with E-state index in [0.717, 1.165) is 0 Å². The van der Waals surface area contributed by atoms with Crippen molar-refractivity contribution in [1.29, 1.82) is 0 Å². The second-order valence-electron chi connectivity index (χ2n) is 14.9. The number of rotatable bonds is 9. The zero-order valence-corrected chi connectivity index (χ0v) is 31.2. The maximum absolute atomic E-state index is 14.2. The molecule has 3 heterocycles. The number of fused-ring (bicyclic) bond motifs is 1. The number of carbonyl (C=O) groups is 3. The summed E-state index contributed by atoms with van der Waals surface area (Å²) in [6, 6.07) is -1.09.